The molecule has 2 aromatic carbocycles. The van der Waals surface area contributed by atoms with Crippen LogP contribution in [-0.4, -0.2) is 25.3 Å². The number of benzene rings is 2. The lowest BCUT2D eigenvalue weighted by atomic mass is 10.2. The van der Waals surface area contributed by atoms with Gasteiger partial charge in [-0.1, -0.05) is 30.3 Å². The molecule has 0 aliphatic rings. The number of nitrogens with two attached hydrogens (primary N) is 1. The van der Waals surface area contributed by atoms with Gasteiger partial charge in [0.25, 0.3) is 0 Å². The van der Waals surface area contributed by atoms with Crippen molar-refractivity contribution in [3.05, 3.63) is 65.7 Å². The Labute approximate surface area is 135 Å². The van der Waals surface area contributed by atoms with Gasteiger partial charge in [0.1, 0.15) is 18.4 Å². The normalized spacial score (nSPS) is 11.4. The van der Waals surface area contributed by atoms with Crippen LogP contribution < -0.4 is 10.5 Å². The Morgan fingerprint density at radius 3 is 2.35 bits per heavy atom. The summed E-state index contributed by atoms with van der Waals surface area (Å²) < 4.78 is 15.2. The summed E-state index contributed by atoms with van der Waals surface area (Å²) >= 11 is 0. The highest BCUT2D eigenvalue weighted by molar-refractivity contribution is 5.85. The summed E-state index contributed by atoms with van der Waals surface area (Å²) in [6.45, 7) is 2.20. The van der Waals surface area contributed by atoms with Gasteiger partial charge in [0.05, 0.1) is 7.18 Å². The van der Waals surface area contributed by atoms with Crippen molar-refractivity contribution in [1.82, 2.24) is 0 Å². The summed E-state index contributed by atoms with van der Waals surface area (Å²) in [5.41, 5.74) is 7.17. The Hall–Kier alpha value is -2.69. The van der Waals surface area contributed by atoms with E-state index in [4.69, 9.17) is 10.5 Å². The fourth-order valence-corrected chi connectivity index (χ4v) is 1.66. The van der Waals surface area contributed by atoms with Crippen LogP contribution in [0.1, 0.15) is 18.1 Å². The number of hydrogen-bond acceptors (Lipinski definition) is 3. The first-order chi connectivity index (χ1) is 11.1. The Kier molecular flexibility index (Phi) is 8.07. The highest BCUT2D eigenvalue weighted by atomic mass is 19.1. The fraction of sp³-hybridized carbons (Fsp3) is 0.222. The average Bonchev–Trinajstić information content (AvgIpc) is 2.61. The molecule has 0 aromatic heterocycles. The van der Waals surface area contributed by atoms with Gasteiger partial charge >= 0.3 is 0 Å². The van der Waals surface area contributed by atoms with Crippen molar-refractivity contribution in [3.8, 4) is 5.75 Å². The molecule has 0 saturated heterocycles. The largest absolute Gasteiger partial charge is 0.489 e. The van der Waals surface area contributed by atoms with E-state index in [9.17, 15) is 9.18 Å². The molecule has 1 atom stereocenters. The van der Waals surface area contributed by atoms with Gasteiger partial charge in [0.15, 0.2) is 0 Å². The first kappa shape index (κ1) is 18.4. The maximum Gasteiger partial charge on any atom is 0.241 e. The molecule has 2 rings (SSSR count). The zero-order valence-corrected chi connectivity index (χ0v) is 13.3. The van der Waals surface area contributed by atoms with Gasteiger partial charge in [-0.15, -0.1) is 0 Å². The molecular weight excluding hydrogens is 295 g/mol. The molecule has 0 fully saturated rings. The van der Waals surface area contributed by atoms with Crippen molar-refractivity contribution in [2.45, 2.75) is 19.6 Å². The number of carbonyl (C=O) groups excluding carboxylic acids is 1. The summed E-state index contributed by atoms with van der Waals surface area (Å²) in [6.07, 6.45) is 1.64. The minimum atomic E-state index is -0.515. The van der Waals surface area contributed by atoms with E-state index in [1.54, 1.807) is 13.1 Å². The minimum absolute atomic E-state index is 0.436. The van der Waals surface area contributed by atoms with Crippen molar-refractivity contribution < 1.29 is 13.9 Å². The number of aliphatic imine (C=N–C) groups is 1. The predicted octanol–water partition coefficient (Wildman–Crippen LogP) is 3.14. The second kappa shape index (κ2) is 10.1. The molecule has 0 bridgehead atoms. The first-order valence-electron chi connectivity index (χ1n) is 7.12. The molecule has 0 unspecified atom stereocenters. The molecule has 23 heavy (non-hydrogen) atoms. The topological polar surface area (TPSA) is 64.7 Å². The van der Waals surface area contributed by atoms with Crippen LogP contribution in [-0.2, 0) is 11.4 Å². The molecule has 0 aliphatic carbocycles. The first-order valence-corrected chi connectivity index (χ1v) is 7.12. The van der Waals surface area contributed by atoms with Crippen LogP contribution in [0.3, 0.4) is 0 Å². The molecule has 1 amide bonds. The van der Waals surface area contributed by atoms with Crippen LogP contribution in [0, 0.1) is 0 Å². The van der Waals surface area contributed by atoms with E-state index in [2.05, 4.69) is 4.99 Å². The van der Waals surface area contributed by atoms with Gasteiger partial charge in [0.2, 0.25) is 5.91 Å². The summed E-state index contributed by atoms with van der Waals surface area (Å²) in [5, 5.41) is 0. The number of primary amides is 1. The lowest BCUT2D eigenvalue weighted by molar-refractivity contribution is -0.118. The van der Waals surface area contributed by atoms with E-state index in [1.807, 2.05) is 54.6 Å². The van der Waals surface area contributed by atoms with Gasteiger partial charge in [-0.2, -0.15) is 0 Å². The molecule has 0 aliphatic heterocycles. The lowest BCUT2D eigenvalue weighted by Gasteiger charge is -2.06. The zero-order valence-electron chi connectivity index (χ0n) is 13.3. The Morgan fingerprint density at radius 2 is 1.78 bits per heavy atom. The van der Waals surface area contributed by atoms with Gasteiger partial charge in [-0.05, 0) is 42.3 Å². The van der Waals surface area contributed by atoms with Gasteiger partial charge in [-0.25, -0.2) is 0 Å². The van der Waals surface area contributed by atoms with Crippen LogP contribution in [0.15, 0.2) is 59.6 Å². The Morgan fingerprint density at radius 1 is 1.17 bits per heavy atom. The van der Waals surface area contributed by atoms with Crippen LogP contribution >= 0.6 is 0 Å². The van der Waals surface area contributed by atoms with Crippen molar-refractivity contribution in [3.63, 3.8) is 0 Å². The Bertz CT molecular complexity index is 613. The van der Waals surface area contributed by atoms with Gasteiger partial charge < -0.3 is 10.5 Å². The molecule has 0 radical (unpaired) electrons. The number of halogens is 1. The molecule has 5 heteroatoms. The predicted molar refractivity (Wildman–Crippen MR) is 90.5 cm³/mol. The molecule has 2 aromatic rings. The van der Waals surface area contributed by atoms with E-state index < -0.39 is 11.9 Å². The molecule has 2 N–H and O–H groups in total. The molecule has 4 nitrogen and oxygen atoms in total. The SMILES string of the molecule is CF.C[C@H](N=Cc1ccc(OCc2ccccc2)cc1)C(N)=O. The standard InChI is InChI=1S/C17H18N2O2.CH3F/c1-13(17(18)20)19-11-14-7-9-16(10-8-14)21-12-15-5-3-2-4-6-15;1-2/h2-11,13H,12H2,1H3,(H2,18,20);1H3/t13-;/m0./s1. The van der Waals surface area contributed by atoms with Crippen LogP contribution in [0.25, 0.3) is 0 Å². The number of rotatable bonds is 6. The van der Waals surface area contributed by atoms with E-state index in [1.165, 1.54) is 0 Å². The van der Waals surface area contributed by atoms with Crippen LogP contribution in [0.2, 0.25) is 0 Å². The summed E-state index contributed by atoms with van der Waals surface area (Å²) in [5.74, 6) is 0.355. The third-order valence-corrected chi connectivity index (χ3v) is 2.99. The maximum atomic E-state index is 10.9. The van der Waals surface area contributed by atoms with Crippen molar-refractivity contribution in [1.29, 1.82) is 0 Å². The van der Waals surface area contributed by atoms with Gasteiger partial charge in [-0.3, -0.25) is 14.2 Å². The number of hydrogen-bond donors (Lipinski definition) is 1. The van der Waals surface area contributed by atoms with E-state index >= 15 is 0 Å². The monoisotopic (exact) mass is 316 g/mol. The third kappa shape index (κ3) is 6.74. The lowest BCUT2D eigenvalue weighted by Crippen LogP contribution is -2.23. The van der Waals surface area contributed by atoms with Gasteiger partial charge in [0, 0.05) is 6.21 Å². The highest BCUT2D eigenvalue weighted by Gasteiger charge is 2.03. The second-order valence-electron chi connectivity index (χ2n) is 4.70. The summed E-state index contributed by atoms with van der Waals surface area (Å²) in [7, 11) is 0.500. The second-order valence-corrected chi connectivity index (χ2v) is 4.70. The van der Waals surface area contributed by atoms with E-state index in [0.29, 0.717) is 13.8 Å². The molecule has 0 saturated carbocycles. The summed E-state index contributed by atoms with van der Waals surface area (Å²) in [4.78, 5) is 15.0. The van der Waals surface area contributed by atoms with Crippen LogP contribution in [0.5, 0.6) is 5.75 Å². The number of amides is 1. The van der Waals surface area contributed by atoms with Crippen molar-refractivity contribution in [2.75, 3.05) is 7.18 Å². The highest BCUT2D eigenvalue weighted by Crippen LogP contribution is 2.13. The molecular formula is C18H21FN2O2. The van der Waals surface area contributed by atoms with Crippen molar-refractivity contribution in [2.24, 2.45) is 10.7 Å². The molecule has 122 valence electrons. The third-order valence-electron chi connectivity index (χ3n) is 2.99. The maximum absolute atomic E-state index is 10.9. The van der Waals surface area contributed by atoms with E-state index in [-0.39, 0.29) is 0 Å². The zero-order chi connectivity index (χ0) is 17.1. The van der Waals surface area contributed by atoms with Crippen LogP contribution in [0.4, 0.5) is 4.39 Å². The number of carbonyl (C=O) groups is 1. The van der Waals surface area contributed by atoms with Crippen molar-refractivity contribution >= 4 is 12.1 Å². The van der Waals surface area contributed by atoms with E-state index in [0.717, 1.165) is 16.9 Å². The number of nitrogens with zero attached hydrogens (tertiary/aromatic N) is 1. The summed E-state index contributed by atoms with van der Waals surface area (Å²) in [6, 6.07) is 17.0. The number of alkyl halides is 1. The number of ether oxygens (including phenoxy) is 1. The average molecular weight is 316 g/mol. The smallest absolute Gasteiger partial charge is 0.241 e. The molecule has 0 heterocycles. The fourth-order valence-electron chi connectivity index (χ4n) is 1.66. The minimum Gasteiger partial charge on any atom is -0.489 e. The molecule has 0 spiro atoms. The quantitative estimate of drug-likeness (QED) is 0.832. The Balaban J connectivity index is 0.00000127.